The Morgan fingerprint density at radius 2 is 2.03 bits per heavy atom. The maximum atomic E-state index is 12.8. The van der Waals surface area contributed by atoms with Crippen molar-refractivity contribution in [3.63, 3.8) is 0 Å². The van der Waals surface area contributed by atoms with Gasteiger partial charge >= 0.3 is 0 Å². The standard InChI is InChI=1S/C24H24N2O4S/c1-15-12-20-22-19(16-4-2-5-18(13-16)31(28,29)17-6-7-17)8-9-21(30-11-3-10-27)23(22)26-24(20)25-14-15/h2,4-5,8-9,12-14,17,27H,3,6-7,10-11H2,1H3,(H,25,26). The molecule has 2 aromatic heterocycles. The van der Waals surface area contributed by atoms with Crippen LogP contribution >= 0.6 is 0 Å². The number of ether oxygens (including phenoxy) is 1. The van der Waals surface area contributed by atoms with Gasteiger partial charge in [0.1, 0.15) is 11.4 Å². The number of aliphatic hydroxyl groups excluding tert-OH is 1. The van der Waals surface area contributed by atoms with Crippen molar-refractivity contribution in [1.29, 1.82) is 0 Å². The molecular weight excluding hydrogens is 412 g/mol. The molecular formula is C24H24N2O4S. The molecule has 0 spiro atoms. The zero-order valence-electron chi connectivity index (χ0n) is 17.3. The van der Waals surface area contributed by atoms with Crippen molar-refractivity contribution < 1.29 is 18.3 Å². The predicted octanol–water partition coefficient (Wildman–Crippen LogP) is 4.39. The van der Waals surface area contributed by atoms with Crippen LogP contribution in [0, 0.1) is 6.92 Å². The summed E-state index contributed by atoms with van der Waals surface area (Å²) in [6.45, 7) is 2.47. The number of aromatic nitrogens is 2. The summed E-state index contributed by atoms with van der Waals surface area (Å²) in [7, 11) is -3.28. The fourth-order valence-corrected chi connectivity index (χ4v) is 5.69. The van der Waals surface area contributed by atoms with Gasteiger partial charge in [0.05, 0.1) is 22.3 Å². The van der Waals surface area contributed by atoms with Crippen LogP contribution in [0.4, 0.5) is 0 Å². The SMILES string of the molecule is Cc1cnc2[nH]c3c(OCCCO)ccc(-c4cccc(S(=O)(=O)C5CC5)c4)c3c2c1. The fourth-order valence-electron chi connectivity index (χ4n) is 3.98. The molecule has 160 valence electrons. The number of pyridine rings is 1. The first kappa shape index (κ1) is 20.0. The Morgan fingerprint density at radius 1 is 1.19 bits per heavy atom. The highest BCUT2D eigenvalue weighted by Crippen LogP contribution is 2.40. The van der Waals surface area contributed by atoms with Gasteiger partial charge in [-0.05, 0) is 66.8 Å². The number of nitrogens with one attached hydrogen (secondary N) is 1. The van der Waals surface area contributed by atoms with Gasteiger partial charge in [0, 0.05) is 30.0 Å². The average Bonchev–Trinajstić information content (AvgIpc) is 3.56. The Bertz CT molecular complexity index is 1390. The van der Waals surface area contributed by atoms with Crippen LogP contribution in [0.15, 0.2) is 53.6 Å². The van der Waals surface area contributed by atoms with E-state index in [0.717, 1.165) is 51.5 Å². The van der Waals surface area contributed by atoms with Gasteiger partial charge in [-0.15, -0.1) is 0 Å². The summed E-state index contributed by atoms with van der Waals surface area (Å²) in [5, 5.41) is 10.8. The van der Waals surface area contributed by atoms with Gasteiger partial charge in [0.2, 0.25) is 0 Å². The normalized spacial score (nSPS) is 14.4. The van der Waals surface area contributed by atoms with E-state index in [1.54, 1.807) is 18.2 Å². The van der Waals surface area contributed by atoms with Crippen LogP contribution < -0.4 is 4.74 Å². The number of benzene rings is 2. The predicted molar refractivity (Wildman–Crippen MR) is 121 cm³/mol. The highest BCUT2D eigenvalue weighted by Gasteiger charge is 2.37. The van der Waals surface area contributed by atoms with E-state index in [0.29, 0.717) is 23.7 Å². The number of hydrogen-bond donors (Lipinski definition) is 2. The van der Waals surface area contributed by atoms with Crippen molar-refractivity contribution in [2.24, 2.45) is 0 Å². The van der Waals surface area contributed by atoms with E-state index in [1.165, 1.54) is 0 Å². The molecule has 0 radical (unpaired) electrons. The van der Waals surface area contributed by atoms with Gasteiger partial charge in [-0.25, -0.2) is 13.4 Å². The van der Waals surface area contributed by atoms with E-state index in [4.69, 9.17) is 9.84 Å². The second-order valence-corrected chi connectivity index (χ2v) is 10.3. The molecule has 2 aromatic carbocycles. The summed E-state index contributed by atoms with van der Waals surface area (Å²) in [5.41, 5.74) is 4.38. The van der Waals surface area contributed by atoms with Gasteiger partial charge in [0.25, 0.3) is 0 Å². The molecule has 1 aliphatic carbocycles. The molecule has 1 saturated carbocycles. The molecule has 0 unspecified atom stereocenters. The van der Waals surface area contributed by atoms with Crippen LogP contribution in [-0.4, -0.2) is 42.0 Å². The molecule has 2 heterocycles. The Balaban J connectivity index is 1.71. The van der Waals surface area contributed by atoms with Crippen molar-refractivity contribution in [2.75, 3.05) is 13.2 Å². The topological polar surface area (TPSA) is 92.3 Å². The smallest absolute Gasteiger partial charge is 0.181 e. The van der Waals surface area contributed by atoms with E-state index >= 15 is 0 Å². The number of nitrogens with zero attached hydrogens (tertiary/aromatic N) is 1. The molecule has 31 heavy (non-hydrogen) atoms. The second kappa shape index (κ2) is 7.66. The lowest BCUT2D eigenvalue weighted by Gasteiger charge is -2.11. The van der Waals surface area contributed by atoms with Crippen LogP contribution in [0.25, 0.3) is 33.1 Å². The first-order chi connectivity index (χ1) is 15.0. The summed E-state index contributed by atoms with van der Waals surface area (Å²) >= 11 is 0. The fraction of sp³-hybridized carbons (Fsp3) is 0.292. The molecule has 0 amide bonds. The maximum Gasteiger partial charge on any atom is 0.181 e. The number of H-pyrrole nitrogens is 1. The van der Waals surface area contributed by atoms with Crippen LogP contribution in [0.3, 0.4) is 0 Å². The minimum Gasteiger partial charge on any atom is -0.491 e. The number of sulfone groups is 1. The van der Waals surface area contributed by atoms with Crippen molar-refractivity contribution in [3.05, 3.63) is 54.2 Å². The number of aryl methyl sites for hydroxylation is 1. The molecule has 4 aromatic rings. The monoisotopic (exact) mass is 436 g/mol. The van der Waals surface area contributed by atoms with E-state index < -0.39 is 9.84 Å². The minimum absolute atomic E-state index is 0.0664. The van der Waals surface area contributed by atoms with Gasteiger partial charge in [0.15, 0.2) is 9.84 Å². The van der Waals surface area contributed by atoms with Crippen molar-refractivity contribution in [2.45, 2.75) is 36.3 Å². The van der Waals surface area contributed by atoms with E-state index in [-0.39, 0.29) is 11.9 Å². The van der Waals surface area contributed by atoms with Gasteiger partial charge in [-0.3, -0.25) is 0 Å². The number of hydrogen-bond acceptors (Lipinski definition) is 5. The number of fused-ring (bicyclic) bond motifs is 3. The summed E-state index contributed by atoms with van der Waals surface area (Å²) in [4.78, 5) is 8.27. The molecule has 1 aliphatic rings. The molecule has 6 nitrogen and oxygen atoms in total. The number of aliphatic hydroxyl groups is 1. The van der Waals surface area contributed by atoms with E-state index in [9.17, 15) is 8.42 Å². The molecule has 7 heteroatoms. The lowest BCUT2D eigenvalue weighted by Crippen LogP contribution is -2.06. The third kappa shape index (κ3) is 3.58. The van der Waals surface area contributed by atoms with Crippen molar-refractivity contribution in [3.8, 4) is 16.9 Å². The molecule has 0 aliphatic heterocycles. The van der Waals surface area contributed by atoms with Crippen molar-refractivity contribution >= 4 is 31.8 Å². The highest BCUT2D eigenvalue weighted by atomic mass is 32.2. The minimum atomic E-state index is -3.28. The lowest BCUT2D eigenvalue weighted by atomic mass is 9.99. The van der Waals surface area contributed by atoms with E-state index in [2.05, 4.69) is 16.0 Å². The molecule has 2 N–H and O–H groups in total. The third-order valence-electron chi connectivity index (χ3n) is 5.70. The van der Waals surface area contributed by atoms with E-state index in [1.807, 2.05) is 31.3 Å². The zero-order valence-corrected chi connectivity index (χ0v) is 18.1. The summed E-state index contributed by atoms with van der Waals surface area (Å²) in [6.07, 6.45) is 3.84. The molecule has 0 atom stereocenters. The third-order valence-corrected chi connectivity index (χ3v) is 7.96. The summed E-state index contributed by atoms with van der Waals surface area (Å²) in [5.74, 6) is 0.685. The van der Waals surface area contributed by atoms with Crippen LogP contribution in [-0.2, 0) is 9.84 Å². The average molecular weight is 437 g/mol. The quantitative estimate of drug-likeness (QED) is 0.419. The second-order valence-electron chi connectivity index (χ2n) is 8.09. The molecule has 0 bridgehead atoms. The Morgan fingerprint density at radius 3 is 2.81 bits per heavy atom. The van der Waals surface area contributed by atoms with Crippen LogP contribution in [0.2, 0.25) is 0 Å². The Kier molecular flexibility index (Phi) is 4.95. The van der Waals surface area contributed by atoms with Gasteiger partial charge < -0.3 is 14.8 Å². The number of rotatable bonds is 7. The maximum absolute atomic E-state index is 12.8. The first-order valence-electron chi connectivity index (χ1n) is 10.5. The van der Waals surface area contributed by atoms with Crippen molar-refractivity contribution in [1.82, 2.24) is 9.97 Å². The molecule has 5 rings (SSSR count). The Hall–Kier alpha value is -2.90. The largest absolute Gasteiger partial charge is 0.491 e. The highest BCUT2D eigenvalue weighted by molar-refractivity contribution is 7.92. The first-order valence-corrected chi connectivity index (χ1v) is 12.0. The Labute approximate surface area is 180 Å². The summed E-state index contributed by atoms with van der Waals surface area (Å²) in [6, 6.07) is 13.1. The van der Waals surface area contributed by atoms with Crippen LogP contribution in [0.1, 0.15) is 24.8 Å². The van der Waals surface area contributed by atoms with Gasteiger partial charge in [-0.1, -0.05) is 12.1 Å². The van der Waals surface area contributed by atoms with Gasteiger partial charge in [-0.2, -0.15) is 0 Å². The number of aromatic amines is 1. The summed E-state index contributed by atoms with van der Waals surface area (Å²) < 4.78 is 31.5. The lowest BCUT2D eigenvalue weighted by molar-refractivity contribution is 0.234. The van der Waals surface area contributed by atoms with Crippen LogP contribution in [0.5, 0.6) is 5.75 Å². The zero-order chi connectivity index (χ0) is 21.6. The molecule has 0 saturated heterocycles. The molecule has 1 fully saturated rings.